The third-order valence-corrected chi connectivity index (χ3v) is 2.22. The molecule has 9 heteroatoms. The van der Waals surface area contributed by atoms with E-state index >= 15 is 0 Å². The molecule has 0 radical (unpaired) electrons. The van der Waals surface area contributed by atoms with Crippen molar-refractivity contribution < 1.29 is 4.79 Å². The van der Waals surface area contributed by atoms with E-state index in [1.54, 1.807) is 24.0 Å². The quantitative estimate of drug-likeness (QED) is 0.811. The van der Waals surface area contributed by atoms with Crippen LogP contribution in [0.25, 0.3) is 5.95 Å². The summed E-state index contributed by atoms with van der Waals surface area (Å²) in [6.07, 6.45) is 4.79. The first-order chi connectivity index (χ1) is 8.56. The summed E-state index contributed by atoms with van der Waals surface area (Å²) in [5.41, 5.74) is 5.10. The number of halogens is 1. The number of rotatable bonds is 4. The molecular weight excluding hydrogens is 258 g/mol. The summed E-state index contributed by atoms with van der Waals surface area (Å²) in [7, 11) is 1.63. The molecular formula is C9H10ClN7O. The van der Waals surface area contributed by atoms with E-state index in [-0.39, 0.29) is 17.8 Å². The Morgan fingerprint density at radius 2 is 2.28 bits per heavy atom. The molecule has 2 aromatic heterocycles. The summed E-state index contributed by atoms with van der Waals surface area (Å²) in [4.78, 5) is 28.3. The second-order valence-corrected chi connectivity index (χ2v) is 3.83. The predicted molar refractivity (Wildman–Crippen MR) is 64.4 cm³/mol. The van der Waals surface area contributed by atoms with Crippen molar-refractivity contribution in [2.24, 2.45) is 5.73 Å². The standard InChI is InChI=1S/C9H10ClN7O/c1-16(4-6(11)18)8-13-7(10)14-9(15-8)17-3-2-12-5-17/h2-3,5H,4H2,1H3,(H2,11,18). The number of nitrogens with zero attached hydrogens (tertiary/aromatic N) is 6. The van der Waals surface area contributed by atoms with Crippen molar-refractivity contribution >= 4 is 23.5 Å². The van der Waals surface area contributed by atoms with Crippen molar-refractivity contribution in [3.8, 4) is 5.95 Å². The molecule has 2 aromatic rings. The number of carbonyl (C=O) groups is 1. The molecule has 94 valence electrons. The first-order valence-corrected chi connectivity index (χ1v) is 5.33. The van der Waals surface area contributed by atoms with Gasteiger partial charge in [0.25, 0.3) is 0 Å². The lowest BCUT2D eigenvalue weighted by molar-refractivity contribution is -0.116. The zero-order valence-electron chi connectivity index (χ0n) is 9.49. The lowest BCUT2D eigenvalue weighted by atomic mass is 10.5. The highest BCUT2D eigenvalue weighted by molar-refractivity contribution is 6.28. The maximum absolute atomic E-state index is 10.8. The maximum atomic E-state index is 10.8. The summed E-state index contributed by atoms with van der Waals surface area (Å²) < 4.78 is 1.58. The second kappa shape index (κ2) is 4.96. The molecule has 2 rings (SSSR count). The number of nitrogens with two attached hydrogens (primary N) is 1. The van der Waals surface area contributed by atoms with E-state index in [9.17, 15) is 4.79 Å². The van der Waals surface area contributed by atoms with Crippen molar-refractivity contribution in [3.63, 3.8) is 0 Å². The Kier molecular flexibility index (Phi) is 3.38. The van der Waals surface area contributed by atoms with E-state index in [0.29, 0.717) is 5.95 Å². The van der Waals surface area contributed by atoms with E-state index < -0.39 is 5.91 Å². The molecule has 1 amide bonds. The van der Waals surface area contributed by atoms with Crippen molar-refractivity contribution in [3.05, 3.63) is 24.0 Å². The van der Waals surface area contributed by atoms with Gasteiger partial charge in [-0.1, -0.05) is 0 Å². The van der Waals surface area contributed by atoms with Gasteiger partial charge >= 0.3 is 0 Å². The average molecular weight is 268 g/mol. The van der Waals surface area contributed by atoms with Crippen LogP contribution in [0.15, 0.2) is 18.7 Å². The zero-order chi connectivity index (χ0) is 13.1. The van der Waals surface area contributed by atoms with E-state index in [1.807, 2.05) is 0 Å². The van der Waals surface area contributed by atoms with Crippen LogP contribution in [0.5, 0.6) is 0 Å². The van der Waals surface area contributed by atoms with Gasteiger partial charge < -0.3 is 10.6 Å². The fourth-order valence-electron chi connectivity index (χ4n) is 1.30. The highest BCUT2D eigenvalue weighted by atomic mass is 35.5. The van der Waals surface area contributed by atoms with Crippen LogP contribution in [0.4, 0.5) is 5.95 Å². The molecule has 18 heavy (non-hydrogen) atoms. The van der Waals surface area contributed by atoms with Crippen molar-refractivity contribution in [2.75, 3.05) is 18.5 Å². The molecule has 0 aliphatic carbocycles. The number of likely N-dealkylation sites (N-methyl/N-ethyl adjacent to an activating group) is 1. The maximum Gasteiger partial charge on any atom is 0.241 e. The van der Waals surface area contributed by atoms with E-state index in [4.69, 9.17) is 17.3 Å². The third-order valence-electron chi connectivity index (χ3n) is 2.05. The monoisotopic (exact) mass is 267 g/mol. The van der Waals surface area contributed by atoms with Gasteiger partial charge in [0.1, 0.15) is 6.33 Å². The number of primary amides is 1. The van der Waals surface area contributed by atoms with Crippen molar-refractivity contribution in [2.45, 2.75) is 0 Å². The molecule has 2 heterocycles. The first kappa shape index (κ1) is 12.2. The number of anilines is 1. The molecule has 0 aliphatic rings. The van der Waals surface area contributed by atoms with E-state index in [0.717, 1.165) is 0 Å². The summed E-state index contributed by atoms with van der Waals surface area (Å²) in [5.74, 6) is 0.0922. The molecule has 0 saturated heterocycles. The van der Waals surface area contributed by atoms with Gasteiger partial charge in [0.15, 0.2) is 0 Å². The molecule has 2 N–H and O–H groups in total. The molecule has 0 spiro atoms. The van der Waals surface area contributed by atoms with E-state index in [2.05, 4.69) is 19.9 Å². The molecule has 0 saturated carbocycles. The molecule has 0 aromatic carbocycles. The van der Waals surface area contributed by atoms with Crippen molar-refractivity contribution in [1.82, 2.24) is 24.5 Å². The van der Waals surface area contributed by atoms with Gasteiger partial charge in [0.05, 0.1) is 6.54 Å². The van der Waals surface area contributed by atoms with Gasteiger partial charge in [-0.05, 0) is 11.6 Å². The van der Waals surface area contributed by atoms with Crippen LogP contribution in [-0.4, -0.2) is 44.0 Å². The highest BCUT2D eigenvalue weighted by Crippen LogP contribution is 2.11. The number of amides is 1. The van der Waals surface area contributed by atoms with Gasteiger partial charge in [-0.15, -0.1) is 0 Å². The normalized spacial score (nSPS) is 10.3. The minimum atomic E-state index is -0.488. The Labute approximate surface area is 107 Å². The molecule has 0 unspecified atom stereocenters. The molecule has 0 fully saturated rings. The average Bonchev–Trinajstić information content (AvgIpc) is 2.80. The van der Waals surface area contributed by atoms with Gasteiger partial charge in [0.2, 0.25) is 23.1 Å². The zero-order valence-corrected chi connectivity index (χ0v) is 10.2. The topological polar surface area (TPSA) is 103 Å². The number of carbonyl (C=O) groups excluding carboxylic acids is 1. The van der Waals surface area contributed by atoms with Crippen LogP contribution in [-0.2, 0) is 4.79 Å². The van der Waals surface area contributed by atoms with Gasteiger partial charge in [0, 0.05) is 19.4 Å². The van der Waals surface area contributed by atoms with Crippen LogP contribution >= 0.6 is 11.6 Å². The lowest BCUT2D eigenvalue weighted by Crippen LogP contribution is -2.32. The van der Waals surface area contributed by atoms with Crippen LogP contribution in [0.1, 0.15) is 0 Å². The van der Waals surface area contributed by atoms with Crippen LogP contribution in [0.3, 0.4) is 0 Å². The highest BCUT2D eigenvalue weighted by Gasteiger charge is 2.11. The van der Waals surface area contributed by atoms with Crippen molar-refractivity contribution in [1.29, 1.82) is 0 Å². The van der Waals surface area contributed by atoms with E-state index in [1.165, 1.54) is 11.2 Å². The summed E-state index contributed by atoms with van der Waals surface area (Å²) in [5, 5.41) is 0.0278. The molecule has 8 nitrogen and oxygen atoms in total. The Morgan fingerprint density at radius 1 is 1.50 bits per heavy atom. The van der Waals surface area contributed by atoms with Gasteiger partial charge in [-0.25, -0.2) is 4.98 Å². The molecule has 0 bridgehead atoms. The second-order valence-electron chi connectivity index (χ2n) is 3.50. The van der Waals surface area contributed by atoms with Crippen LogP contribution in [0, 0.1) is 0 Å². The summed E-state index contributed by atoms with van der Waals surface area (Å²) in [6, 6.07) is 0. The van der Waals surface area contributed by atoms with Crippen LogP contribution < -0.4 is 10.6 Å². The fourth-order valence-corrected chi connectivity index (χ4v) is 1.45. The summed E-state index contributed by atoms with van der Waals surface area (Å²) >= 11 is 5.81. The Morgan fingerprint density at radius 3 is 2.89 bits per heavy atom. The number of hydrogen-bond acceptors (Lipinski definition) is 6. The molecule has 0 atom stereocenters. The van der Waals surface area contributed by atoms with Crippen LogP contribution in [0.2, 0.25) is 5.28 Å². The fraction of sp³-hybridized carbons (Fsp3) is 0.222. The third kappa shape index (κ3) is 2.72. The smallest absolute Gasteiger partial charge is 0.241 e. The Bertz CT molecular complexity index is 556. The number of aromatic nitrogens is 5. The Hall–Kier alpha value is -2.22. The van der Waals surface area contributed by atoms with Gasteiger partial charge in [-0.3, -0.25) is 9.36 Å². The number of hydrogen-bond donors (Lipinski definition) is 1. The first-order valence-electron chi connectivity index (χ1n) is 4.95. The SMILES string of the molecule is CN(CC(N)=O)c1nc(Cl)nc(-n2ccnc2)n1. The Balaban J connectivity index is 2.35. The van der Waals surface area contributed by atoms with Gasteiger partial charge in [-0.2, -0.15) is 15.0 Å². The lowest BCUT2D eigenvalue weighted by Gasteiger charge is -2.15. The molecule has 0 aliphatic heterocycles. The number of imidazole rings is 1. The minimum absolute atomic E-state index is 0.0102. The summed E-state index contributed by atoms with van der Waals surface area (Å²) in [6.45, 7) is -0.0102. The largest absolute Gasteiger partial charge is 0.368 e. The predicted octanol–water partition coefficient (Wildman–Crippen LogP) is -0.368. The minimum Gasteiger partial charge on any atom is -0.368 e.